The van der Waals surface area contributed by atoms with Gasteiger partial charge in [-0.15, -0.1) is 0 Å². The van der Waals surface area contributed by atoms with Crippen molar-refractivity contribution in [2.45, 2.75) is 45.3 Å². The maximum Gasteiger partial charge on any atom is 0.253 e. The number of amides is 1. The van der Waals surface area contributed by atoms with E-state index in [0.29, 0.717) is 30.5 Å². The number of piperidine rings is 1. The van der Waals surface area contributed by atoms with Crippen LogP contribution >= 0.6 is 0 Å². The zero-order valence-corrected chi connectivity index (χ0v) is 29.6. The maximum absolute atomic E-state index is 13.5. The van der Waals surface area contributed by atoms with Gasteiger partial charge in [-0.25, -0.2) is 9.97 Å². The van der Waals surface area contributed by atoms with Crippen LogP contribution in [0.4, 0.5) is 11.4 Å². The lowest BCUT2D eigenvalue weighted by Gasteiger charge is -2.33. The van der Waals surface area contributed by atoms with Gasteiger partial charge in [0.25, 0.3) is 5.91 Å². The maximum atomic E-state index is 13.5. The normalized spacial score (nSPS) is 17.7. The Morgan fingerprint density at radius 3 is 2.45 bits per heavy atom. The number of likely N-dealkylation sites (tertiary alicyclic amines) is 1. The third-order valence-corrected chi connectivity index (χ3v) is 9.87. The van der Waals surface area contributed by atoms with E-state index < -0.39 is 6.10 Å². The molecule has 13 heteroatoms. The summed E-state index contributed by atoms with van der Waals surface area (Å²) in [5, 5.41) is 15.9. The van der Waals surface area contributed by atoms with Crippen LogP contribution in [-0.2, 0) is 21.4 Å². The number of carbonyl (C=O) groups is 2. The monoisotopic (exact) mass is 691 g/mol. The fraction of sp³-hybridized carbons (Fsp3) is 0.421. The number of ketones is 1. The molecule has 13 nitrogen and oxygen atoms in total. The van der Waals surface area contributed by atoms with Crippen LogP contribution in [0.3, 0.4) is 0 Å². The number of ether oxygens (including phenoxy) is 2. The van der Waals surface area contributed by atoms with Gasteiger partial charge in [-0.2, -0.15) is 10.2 Å². The highest BCUT2D eigenvalue weighted by Gasteiger charge is 2.36. The predicted octanol–water partition coefficient (Wildman–Crippen LogP) is 4.97. The van der Waals surface area contributed by atoms with Gasteiger partial charge in [0.05, 0.1) is 18.2 Å². The first-order chi connectivity index (χ1) is 24.7. The van der Waals surface area contributed by atoms with Crippen molar-refractivity contribution in [2.75, 3.05) is 50.1 Å². The summed E-state index contributed by atoms with van der Waals surface area (Å²) in [6.45, 7) is 7.41. The minimum absolute atomic E-state index is 0.0141. The Morgan fingerprint density at radius 1 is 0.980 bits per heavy atom. The number of H-pyrrole nitrogens is 1. The third kappa shape index (κ3) is 7.79. The Kier molecular flexibility index (Phi) is 10.1. The number of rotatable bonds is 12. The number of carbonyl (C=O) groups excluding carboxylic acids is 2. The van der Waals surface area contributed by atoms with E-state index in [-0.39, 0.29) is 29.6 Å². The summed E-state index contributed by atoms with van der Waals surface area (Å²) in [5.74, 6) is 1.38. The van der Waals surface area contributed by atoms with Crippen molar-refractivity contribution >= 4 is 34.0 Å². The molecule has 3 aromatic heterocycles. The highest BCUT2D eigenvalue weighted by atomic mass is 16.5. The highest BCUT2D eigenvalue weighted by Crippen LogP contribution is 2.31. The van der Waals surface area contributed by atoms with Crippen LogP contribution in [0.1, 0.15) is 33.1 Å². The molecule has 266 valence electrons. The lowest BCUT2D eigenvalue weighted by molar-refractivity contribution is -0.128. The lowest BCUT2D eigenvalue weighted by atomic mass is 9.92. The molecule has 2 N–H and O–H groups in total. The number of aromatic amines is 1. The summed E-state index contributed by atoms with van der Waals surface area (Å²) in [6.07, 6.45) is 5.29. The molecule has 2 saturated heterocycles. The molecule has 0 spiro atoms. The van der Waals surface area contributed by atoms with E-state index in [1.54, 1.807) is 24.3 Å². The molecule has 0 radical (unpaired) electrons. The molecule has 2 fully saturated rings. The van der Waals surface area contributed by atoms with Crippen molar-refractivity contribution in [3.8, 4) is 28.5 Å². The van der Waals surface area contributed by atoms with Crippen molar-refractivity contribution in [1.82, 2.24) is 34.8 Å². The number of fused-ring (bicyclic) bond motifs is 1. The average Bonchev–Trinajstić information content (AvgIpc) is 3.89. The second-order valence-corrected chi connectivity index (χ2v) is 13.8. The first-order valence-corrected chi connectivity index (χ1v) is 17.6. The molecule has 51 heavy (non-hydrogen) atoms. The number of hydrogen-bond acceptors (Lipinski definition) is 10. The minimum Gasteiger partial charge on any atom is -0.475 e. The van der Waals surface area contributed by atoms with Gasteiger partial charge in [0.15, 0.2) is 5.82 Å². The second-order valence-electron chi connectivity index (χ2n) is 13.8. The molecule has 2 atom stereocenters. The van der Waals surface area contributed by atoms with Crippen LogP contribution in [0.25, 0.3) is 33.5 Å². The predicted molar refractivity (Wildman–Crippen MR) is 195 cm³/mol. The van der Waals surface area contributed by atoms with Gasteiger partial charge in [0.1, 0.15) is 23.9 Å². The van der Waals surface area contributed by atoms with Crippen LogP contribution in [0.2, 0.25) is 0 Å². The summed E-state index contributed by atoms with van der Waals surface area (Å²) in [5.41, 5.74) is 5.22. The van der Waals surface area contributed by atoms with Crippen LogP contribution in [-0.4, -0.2) is 98.6 Å². The molecule has 0 bridgehead atoms. The molecule has 0 aliphatic carbocycles. The lowest BCUT2D eigenvalue weighted by Crippen LogP contribution is -2.41. The van der Waals surface area contributed by atoms with Gasteiger partial charge in [0.2, 0.25) is 5.88 Å². The molecular formula is C38H45N9O4. The SMILES string of the molecule is CO[C@@H](C(=O)Nc1ccc2[nH]nc(-c3ccc(OC(C)C)nc3)c2c1)C1CCN(CC(=O)C2CCN(c3ccc(-c4ncn(C)n4)cc3)CC2)C1. The van der Waals surface area contributed by atoms with Gasteiger partial charge in [-0.3, -0.25) is 24.3 Å². The Bertz CT molecular complexity index is 1960. The van der Waals surface area contributed by atoms with E-state index in [4.69, 9.17) is 9.47 Å². The molecule has 1 unspecified atom stereocenters. The van der Waals surface area contributed by atoms with Crippen molar-refractivity contribution < 1.29 is 19.1 Å². The van der Waals surface area contributed by atoms with Gasteiger partial charge >= 0.3 is 0 Å². The highest BCUT2D eigenvalue weighted by molar-refractivity contribution is 5.99. The summed E-state index contributed by atoms with van der Waals surface area (Å²) in [4.78, 5) is 40.2. The van der Waals surface area contributed by atoms with Gasteiger partial charge < -0.3 is 19.7 Å². The number of anilines is 2. The van der Waals surface area contributed by atoms with Crippen LogP contribution < -0.4 is 15.0 Å². The Balaban J connectivity index is 0.906. The van der Waals surface area contributed by atoms with E-state index in [9.17, 15) is 9.59 Å². The molecule has 2 aromatic carbocycles. The summed E-state index contributed by atoms with van der Waals surface area (Å²) >= 11 is 0. The van der Waals surface area contributed by atoms with Crippen molar-refractivity contribution in [3.63, 3.8) is 0 Å². The van der Waals surface area contributed by atoms with Crippen molar-refractivity contribution in [2.24, 2.45) is 18.9 Å². The number of hydrogen-bond donors (Lipinski definition) is 2. The van der Waals surface area contributed by atoms with Gasteiger partial charge in [-0.1, -0.05) is 0 Å². The zero-order chi connectivity index (χ0) is 35.5. The Morgan fingerprint density at radius 2 is 1.76 bits per heavy atom. The molecule has 2 aliphatic heterocycles. The summed E-state index contributed by atoms with van der Waals surface area (Å²) in [6, 6.07) is 17.7. The topological polar surface area (TPSA) is 143 Å². The quantitative estimate of drug-likeness (QED) is 0.184. The van der Waals surface area contributed by atoms with Crippen LogP contribution in [0, 0.1) is 11.8 Å². The van der Waals surface area contributed by atoms with E-state index >= 15 is 0 Å². The first-order valence-electron chi connectivity index (χ1n) is 17.6. The number of nitrogens with zero attached hydrogens (tertiary/aromatic N) is 7. The number of Topliss-reactive ketones (excluding diaryl/α,β-unsaturated/α-hetero) is 1. The standard InChI is InChI=1S/C38H45N9O4/c1-24(2)51-34-12-7-27(20-39-34)35-31-19-29(8-11-32(31)42-43-35)41-38(49)36(50-4)28-13-16-46(21-28)22-33(48)25-14-17-47(18-15-25)30-9-5-26(6-10-30)37-40-23-45(3)44-37/h5-12,19-20,23-25,28,36H,13-18,21-22H2,1-4H3,(H,41,49)(H,42,43)/t28?,36-/m1/s1. The first kappa shape index (κ1) is 34.3. The molecule has 1 amide bonds. The third-order valence-electron chi connectivity index (χ3n) is 9.87. The fourth-order valence-electron chi connectivity index (χ4n) is 7.23. The number of aryl methyl sites for hydroxylation is 1. The number of aromatic nitrogens is 6. The molecule has 2 aliphatic rings. The zero-order valence-electron chi connectivity index (χ0n) is 29.6. The van der Waals surface area contributed by atoms with E-state index in [2.05, 4.69) is 64.6 Å². The minimum atomic E-state index is -0.634. The van der Waals surface area contributed by atoms with Crippen molar-refractivity contribution in [1.29, 1.82) is 0 Å². The smallest absolute Gasteiger partial charge is 0.253 e. The van der Waals surface area contributed by atoms with Gasteiger partial charge in [-0.05, 0) is 88.2 Å². The largest absolute Gasteiger partial charge is 0.475 e. The van der Waals surface area contributed by atoms with Gasteiger partial charge in [0, 0.05) is 85.8 Å². The summed E-state index contributed by atoms with van der Waals surface area (Å²) < 4.78 is 13.1. The van der Waals surface area contributed by atoms with Crippen molar-refractivity contribution in [3.05, 3.63) is 67.1 Å². The molecular weight excluding hydrogens is 646 g/mol. The van der Waals surface area contributed by atoms with E-state index in [1.165, 1.54) is 0 Å². The number of pyridine rings is 1. The van der Waals surface area contributed by atoms with Crippen LogP contribution in [0.5, 0.6) is 5.88 Å². The molecule has 0 saturated carbocycles. The fourth-order valence-corrected chi connectivity index (χ4v) is 7.23. The summed E-state index contributed by atoms with van der Waals surface area (Å²) in [7, 11) is 3.43. The Labute approximate surface area is 297 Å². The second kappa shape index (κ2) is 15.0. The Hall–Kier alpha value is -5.14. The molecule has 5 aromatic rings. The molecule has 5 heterocycles. The number of benzene rings is 2. The van der Waals surface area contributed by atoms with Crippen LogP contribution in [0.15, 0.2) is 67.1 Å². The van der Waals surface area contributed by atoms with E-state index in [1.807, 2.05) is 51.2 Å². The van der Waals surface area contributed by atoms with E-state index in [0.717, 1.165) is 72.3 Å². The number of nitrogens with one attached hydrogen (secondary N) is 2. The number of methoxy groups -OCH3 is 1. The average molecular weight is 692 g/mol. The molecule has 7 rings (SSSR count).